The van der Waals surface area contributed by atoms with Gasteiger partial charge in [0.15, 0.2) is 6.10 Å². The van der Waals surface area contributed by atoms with Crippen LogP contribution in [0.15, 0.2) is 108 Å². The van der Waals surface area contributed by atoms with Crippen molar-refractivity contribution >= 4 is 11.6 Å². The fourth-order valence-corrected chi connectivity index (χ4v) is 4.85. The summed E-state index contributed by atoms with van der Waals surface area (Å²) in [5, 5.41) is 4.28. The van der Waals surface area contributed by atoms with Crippen LogP contribution in [0.25, 0.3) is 0 Å². The first kappa shape index (κ1) is 26.1. The second kappa shape index (κ2) is 11.9. The minimum atomic E-state index is -0.706. The van der Waals surface area contributed by atoms with E-state index >= 15 is 0 Å². The molecule has 1 aliphatic rings. The highest BCUT2D eigenvalue weighted by Gasteiger charge is 2.33. The number of halogens is 2. The molecule has 0 fully saturated rings. The highest BCUT2D eigenvalue weighted by molar-refractivity contribution is 6.03. The summed E-state index contributed by atoms with van der Waals surface area (Å²) in [5.41, 5.74) is 3.37. The van der Waals surface area contributed by atoms with E-state index < -0.39 is 23.7 Å². The van der Waals surface area contributed by atoms with E-state index in [1.807, 2.05) is 84.9 Å². The molecule has 7 heteroatoms. The third-order valence-corrected chi connectivity index (χ3v) is 6.78. The second-order valence-corrected chi connectivity index (χ2v) is 9.38. The lowest BCUT2D eigenvalue weighted by Gasteiger charge is -2.30. The van der Waals surface area contributed by atoms with Gasteiger partial charge in [0, 0.05) is 30.2 Å². The number of ether oxygens (including phenoxy) is 1. The van der Waals surface area contributed by atoms with Crippen LogP contribution >= 0.6 is 0 Å². The van der Waals surface area contributed by atoms with Gasteiger partial charge in [0.1, 0.15) is 17.4 Å². The monoisotopic (exact) mass is 526 g/mol. The van der Waals surface area contributed by atoms with Crippen LogP contribution in [-0.4, -0.2) is 36.3 Å². The molecule has 5 rings (SSSR count). The maximum absolute atomic E-state index is 14.8. The molecule has 0 spiro atoms. The maximum Gasteiger partial charge on any atom is 0.235 e. The van der Waals surface area contributed by atoms with E-state index in [-0.39, 0.29) is 24.6 Å². The maximum atomic E-state index is 14.8. The van der Waals surface area contributed by atoms with Gasteiger partial charge < -0.3 is 14.5 Å². The number of hydrogen-bond acceptors (Lipinski definition) is 4. The number of para-hydroxylation sites is 1. The van der Waals surface area contributed by atoms with Crippen molar-refractivity contribution in [3.8, 4) is 5.75 Å². The predicted octanol–water partition coefficient (Wildman–Crippen LogP) is 6.33. The third-order valence-electron chi connectivity index (χ3n) is 6.78. The highest BCUT2D eigenvalue weighted by atomic mass is 19.1. The molecule has 39 heavy (non-hydrogen) atoms. The van der Waals surface area contributed by atoms with E-state index in [0.29, 0.717) is 17.9 Å². The van der Waals surface area contributed by atoms with E-state index in [1.165, 1.54) is 12.1 Å². The van der Waals surface area contributed by atoms with E-state index in [9.17, 15) is 13.6 Å². The van der Waals surface area contributed by atoms with Gasteiger partial charge in [-0.25, -0.2) is 8.78 Å². The molecule has 0 aromatic heterocycles. The second-order valence-electron chi connectivity index (χ2n) is 9.38. The molecule has 0 saturated carbocycles. The van der Waals surface area contributed by atoms with Crippen LogP contribution in [0.1, 0.15) is 34.6 Å². The number of methoxy groups -OCH3 is 1. The Kier molecular flexibility index (Phi) is 7.96. The Morgan fingerprint density at radius 3 is 2.23 bits per heavy atom. The first-order valence-electron chi connectivity index (χ1n) is 12.7. The Hall–Kier alpha value is -4.52. The van der Waals surface area contributed by atoms with Crippen molar-refractivity contribution < 1.29 is 23.1 Å². The molecule has 4 aromatic rings. The summed E-state index contributed by atoms with van der Waals surface area (Å²) < 4.78 is 33.9. The van der Waals surface area contributed by atoms with Gasteiger partial charge in [-0.15, -0.1) is 0 Å². The Morgan fingerprint density at radius 2 is 1.59 bits per heavy atom. The van der Waals surface area contributed by atoms with Gasteiger partial charge in [-0.2, -0.15) is 0 Å². The predicted molar refractivity (Wildman–Crippen MR) is 146 cm³/mol. The fourth-order valence-electron chi connectivity index (χ4n) is 4.85. The molecule has 0 aliphatic carbocycles. The van der Waals surface area contributed by atoms with Crippen molar-refractivity contribution in [1.29, 1.82) is 0 Å². The number of nitrogens with zero attached hydrogens (tertiary/aromatic N) is 2. The van der Waals surface area contributed by atoms with Gasteiger partial charge in [0.05, 0.1) is 25.3 Å². The van der Waals surface area contributed by atoms with Crippen LogP contribution < -0.4 is 4.74 Å². The van der Waals surface area contributed by atoms with E-state index in [0.717, 1.165) is 22.8 Å². The van der Waals surface area contributed by atoms with Gasteiger partial charge >= 0.3 is 0 Å². The summed E-state index contributed by atoms with van der Waals surface area (Å²) in [4.78, 5) is 21.6. The first-order chi connectivity index (χ1) is 19.0. The molecule has 1 aliphatic heterocycles. The molecule has 0 bridgehead atoms. The van der Waals surface area contributed by atoms with Crippen LogP contribution in [0, 0.1) is 11.6 Å². The molecule has 4 aromatic carbocycles. The summed E-state index contributed by atoms with van der Waals surface area (Å²) in [5.74, 6) is -1.54. The molecule has 0 radical (unpaired) electrons. The Labute approximate surface area is 226 Å². The summed E-state index contributed by atoms with van der Waals surface area (Å²) in [7, 11) is 1.59. The standard InChI is InChI=1S/C32H28F2N2O3/c1-38-30-15-9-8-14-27(30)29-19-26(39-35-29)21-36(20-24-16-17-25(33)18-28(24)34)32(37)31(22-10-4-2-5-11-22)23-12-6-3-7-13-23/h2-18,26,31H,19-21H2,1H3/t26-/m0/s1. The third kappa shape index (κ3) is 5.98. The number of benzene rings is 4. The van der Waals surface area contributed by atoms with Gasteiger partial charge in [-0.1, -0.05) is 84.0 Å². The van der Waals surface area contributed by atoms with Crippen molar-refractivity contribution in [2.45, 2.75) is 25.0 Å². The molecule has 5 nitrogen and oxygen atoms in total. The topological polar surface area (TPSA) is 51.1 Å². The van der Waals surface area contributed by atoms with Crippen LogP contribution in [0.5, 0.6) is 5.75 Å². The SMILES string of the molecule is COc1ccccc1C1=NO[C@H](CN(Cc2ccc(F)cc2F)C(=O)C(c2ccccc2)c2ccccc2)C1. The van der Waals surface area contributed by atoms with E-state index in [1.54, 1.807) is 12.0 Å². The van der Waals surface area contributed by atoms with Crippen molar-refractivity contribution in [3.05, 3.63) is 137 Å². The van der Waals surface area contributed by atoms with Crippen molar-refractivity contribution in [1.82, 2.24) is 4.90 Å². The molecule has 1 atom stereocenters. The van der Waals surface area contributed by atoms with E-state index in [2.05, 4.69) is 5.16 Å². The molecule has 0 saturated heterocycles. The zero-order valence-corrected chi connectivity index (χ0v) is 21.5. The molecule has 0 unspecified atom stereocenters. The summed E-state index contributed by atoms with van der Waals surface area (Å²) in [6.45, 7) is 0.110. The number of amides is 1. The minimum absolute atomic E-state index is 0.0506. The molecule has 0 N–H and O–H groups in total. The number of carbonyl (C=O) groups excluding carboxylic acids is 1. The smallest absolute Gasteiger partial charge is 0.235 e. The number of rotatable bonds is 9. The van der Waals surface area contributed by atoms with Crippen molar-refractivity contribution in [3.63, 3.8) is 0 Å². The molecule has 198 valence electrons. The Bertz CT molecular complexity index is 1420. The molecular weight excluding hydrogens is 498 g/mol. The molecule has 1 amide bonds. The molecular formula is C32H28F2N2O3. The van der Waals surface area contributed by atoms with Gasteiger partial charge in [0.25, 0.3) is 0 Å². The molecule has 1 heterocycles. The largest absolute Gasteiger partial charge is 0.496 e. The fraction of sp³-hybridized carbons (Fsp3) is 0.188. The van der Waals surface area contributed by atoms with Gasteiger partial charge in [-0.3, -0.25) is 4.79 Å². The lowest BCUT2D eigenvalue weighted by Crippen LogP contribution is -2.40. The van der Waals surface area contributed by atoms with Crippen LogP contribution in [0.4, 0.5) is 8.78 Å². The zero-order valence-electron chi connectivity index (χ0n) is 21.5. The van der Waals surface area contributed by atoms with Crippen molar-refractivity contribution in [2.24, 2.45) is 5.16 Å². The normalized spacial score (nSPS) is 14.6. The van der Waals surface area contributed by atoms with Gasteiger partial charge in [-0.05, 0) is 29.3 Å². The number of hydrogen-bond donors (Lipinski definition) is 0. The van der Waals surface area contributed by atoms with Gasteiger partial charge in [0.2, 0.25) is 5.91 Å². The Balaban J connectivity index is 1.45. The van der Waals surface area contributed by atoms with Crippen molar-refractivity contribution in [2.75, 3.05) is 13.7 Å². The van der Waals surface area contributed by atoms with Crippen LogP contribution in [-0.2, 0) is 16.2 Å². The summed E-state index contributed by atoms with van der Waals surface area (Å²) >= 11 is 0. The van der Waals surface area contributed by atoms with E-state index in [4.69, 9.17) is 9.57 Å². The van der Waals surface area contributed by atoms with Crippen LogP contribution in [0.2, 0.25) is 0 Å². The Morgan fingerprint density at radius 1 is 0.949 bits per heavy atom. The average molecular weight is 527 g/mol. The lowest BCUT2D eigenvalue weighted by molar-refractivity contribution is -0.134. The highest BCUT2D eigenvalue weighted by Crippen LogP contribution is 2.30. The summed E-state index contributed by atoms with van der Waals surface area (Å²) in [6.07, 6.45) is -0.0122. The zero-order chi connectivity index (χ0) is 27.2. The number of carbonyl (C=O) groups is 1. The average Bonchev–Trinajstić information content (AvgIpc) is 3.43. The lowest BCUT2D eigenvalue weighted by atomic mass is 9.89. The first-order valence-corrected chi connectivity index (χ1v) is 12.7. The quantitative estimate of drug-likeness (QED) is 0.256. The minimum Gasteiger partial charge on any atom is -0.496 e. The number of oxime groups is 1. The van der Waals surface area contributed by atoms with Crippen LogP contribution in [0.3, 0.4) is 0 Å². The summed E-state index contributed by atoms with van der Waals surface area (Å²) in [6, 6.07) is 29.9.